The molecular weight excluding hydrogens is 470 g/mol. The SMILES string of the molecule is COc1ccc(S(=O)(=O)N2CCC(C(=O)N(C)Cc3ccc(OC(F)F)c(OC)c3)CC2)cc1. The molecule has 0 atom stereocenters. The number of piperidine rings is 1. The Morgan fingerprint density at radius 1 is 1.06 bits per heavy atom. The second-order valence-corrected chi connectivity index (χ2v) is 9.85. The summed E-state index contributed by atoms with van der Waals surface area (Å²) in [5.74, 6) is 0.223. The van der Waals surface area contributed by atoms with Crippen molar-refractivity contribution in [1.29, 1.82) is 0 Å². The first-order valence-corrected chi connectivity index (χ1v) is 12.1. The van der Waals surface area contributed by atoms with Gasteiger partial charge in [-0.05, 0) is 54.8 Å². The Kier molecular flexibility index (Phi) is 8.32. The van der Waals surface area contributed by atoms with Gasteiger partial charge in [-0.3, -0.25) is 4.79 Å². The first kappa shape index (κ1) is 25.7. The number of hydrogen-bond acceptors (Lipinski definition) is 6. The fraction of sp³-hybridized carbons (Fsp3) is 0.435. The van der Waals surface area contributed by atoms with Crippen molar-refractivity contribution in [1.82, 2.24) is 9.21 Å². The average Bonchev–Trinajstić information content (AvgIpc) is 2.84. The predicted octanol–water partition coefficient (Wildman–Crippen LogP) is 3.36. The van der Waals surface area contributed by atoms with Crippen LogP contribution in [0.25, 0.3) is 0 Å². The van der Waals surface area contributed by atoms with Crippen LogP contribution in [-0.2, 0) is 21.4 Å². The fourth-order valence-corrected chi connectivity index (χ4v) is 5.38. The second-order valence-electron chi connectivity index (χ2n) is 7.91. The lowest BCUT2D eigenvalue weighted by Gasteiger charge is -2.32. The Morgan fingerprint density at radius 2 is 1.71 bits per heavy atom. The van der Waals surface area contributed by atoms with Crippen LogP contribution in [0.1, 0.15) is 18.4 Å². The number of rotatable bonds is 9. The third-order valence-electron chi connectivity index (χ3n) is 5.74. The van der Waals surface area contributed by atoms with Crippen LogP contribution in [0.4, 0.5) is 8.78 Å². The summed E-state index contributed by atoms with van der Waals surface area (Å²) in [7, 11) is 0.857. The smallest absolute Gasteiger partial charge is 0.387 e. The number of carbonyl (C=O) groups is 1. The quantitative estimate of drug-likeness (QED) is 0.527. The summed E-state index contributed by atoms with van der Waals surface area (Å²) in [4.78, 5) is 14.7. The van der Waals surface area contributed by atoms with E-state index in [2.05, 4.69) is 4.74 Å². The average molecular weight is 499 g/mol. The number of carbonyl (C=O) groups excluding carboxylic acids is 1. The zero-order chi connectivity index (χ0) is 24.9. The third-order valence-corrected chi connectivity index (χ3v) is 7.65. The van der Waals surface area contributed by atoms with E-state index in [0.717, 1.165) is 0 Å². The highest BCUT2D eigenvalue weighted by atomic mass is 32.2. The molecular formula is C23H28F2N2O6S. The van der Waals surface area contributed by atoms with Crippen LogP contribution < -0.4 is 14.2 Å². The van der Waals surface area contributed by atoms with Crippen LogP contribution in [0.3, 0.4) is 0 Å². The molecule has 1 fully saturated rings. The van der Waals surface area contributed by atoms with Crippen LogP contribution in [0.2, 0.25) is 0 Å². The number of sulfonamides is 1. The van der Waals surface area contributed by atoms with Crippen molar-refractivity contribution >= 4 is 15.9 Å². The minimum Gasteiger partial charge on any atom is -0.497 e. The maximum Gasteiger partial charge on any atom is 0.387 e. The topological polar surface area (TPSA) is 85.4 Å². The maximum atomic E-state index is 13.0. The number of amides is 1. The maximum absolute atomic E-state index is 13.0. The van der Waals surface area contributed by atoms with Gasteiger partial charge in [0.05, 0.1) is 19.1 Å². The van der Waals surface area contributed by atoms with E-state index >= 15 is 0 Å². The van der Waals surface area contributed by atoms with Crippen LogP contribution in [0.15, 0.2) is 47.4 Å². The Morgan fingerprint density at radius 3 is 2.26 bits per heavy atom. The van der Waals surface area contributed by atoms with Gasteiger partial charge >= 0.3 is 6.61 Å². The Labute approximate surface area is 198 Å². The standard InChI is InChI=1S/C23H28F2N2O6S/c1-26(15-16-4-9-20(33-23(24)25)21(14-16)32-3)22(28)17-10-12-27(13-11-17)34(29,30)19-7-5-18(31-2)6-8-19/h4-9,14,17,23H,10-13,15H2,1-3H3. The molecule has 0 spiro atoms. The van der Waals surface area contributed by atoms with Crippen molar-refractivity contribution in [3.63, 3.8) is 0 Å². The van der Waals surface area contributed by atoms with E-state index in [1.165, 1.54) is 36.7 Å². The molecule has 1 aliphatic heterocycles. The minimum atomic E-state index is -3.65. The molecule has 8 nitrogen and oxygen atoms in total. The van der Waals surface area contributed by atoms with Crippen molar-refractivity contribution in [2.45, 2.75) is 30.9 Å². The van der Waals surface area contributed by atoms with Gasteiger partial charge in [-0.15, -0.1) is 0 Å². The summed E-state index contributed by atoms with van der Waals surface area (Å²) in [5.41, 5.74) is 0.689. The normalized spacial score (nSPS) is 15.2. The van der Waals surface area contributed by atoms with Gasteiger partial charge in [-0.2, -0.15) is 13.1 Å². The van der Waals surface area contributed by atoms with Crippen molar-refractivity contribution < 1.29 is 36.2 Å². The molecule has 34 heavy (non-hydrogen) atoms. The monoisotopic (exact) mass is 498 g/mol. The van der Waals surface area contributed by atoms with E-state index in [0.29, 0.717) is 24.2 Å². The molecule has 11 heteroatoms. The molecule has 2 aromatic rings. The largest absolute Gasteiger partial charge is 0.497 e. The Hall–Kier alpha value is -2.92. The van der Waals surface area contributed by atoms with Gasteiger partial charge in [-0.25, -0.2) is 8.42 Å². The second kappa shape index (κ2) is 11.0. The van der Waals surface area contributed by atoms with Gasteiger partial charge in [0.1, 0.15) is 5.75 Å². The highest BCUT2D eigenvalue weighted by Crippen LogP contribution is 2.31. The number of alkyl halides is 2. The molecule has 0 aliphatic carbocycles. The Bertz CT molecular complexity index is 1090. The summed E-state index contributed by atoms with van der Waals surface area (Å²) in [5, 5.41) is 0. The van der Waals surface area contributed by atoms with Crippen molar-refractivity contribution in [3.8, 4) is 17.2 Å². The summed E-state index contributed by atoms with van der Waals surface area (Å²) in [6, 6.07) is 10.7. The Balaban J connectivity index is 1.59. The molecule has 0 saturated carbocycles. The third kappa shape index (κ3) is 5.95. The summed E-state index contributed by atoms with van der Waals surface area (Å²) in [6.45, 7) is -2.24. The molecule has 2 aromatic carbocycles. The van der Waals surface area contributed by atoms with Crippen molar-refractivity contribution in [3.05, 3.63) is 48.0 Å². The lowest BCUT2D eigenvalue weighted by molar-refractivity contribution is -0.135. The first-order valence-electron chi connectivity index (χ1n) is 10.7. The summed E-state index contributed by atoms with van der Waals surface area (Å²) < 4.78 is 66.8. The van der Waals surface area contributed by atoms with Gasteiger partial charge in [0.2, 0.25) is 15.9 Å². The number of halogens is 2. The highest BCUT2D eigenvalue weighted by Gasteiger charge is 2.33. The van der Waals surface area contributed by atoms with Gasteiger partial charge in [0.25, 0.3) is 0 Å². The van der Waals surface area contributed by atoms with Crippen LogP contribution in [-0.4, -0.2) is 64.5 Å². The molecule has 0 aromatic heterocycles. The molecule has 3 rings (SSSR count). The fourth-order valence-electron chi connectivity index (χ4n) is 3.91. The van der Waals surface area contributed by atoms with Gasteiger partial charge in [-0.1, -0.05) is 6.07 Å². The predicted molar refractivity (Wildman–Crippen MR) is 121 cm³/mol. The van der Waals surface area contributed by atoms with Gasteiger partial charge in [0, 0.05) is 32.6 Å². The number of ether oxygens (including phenoxy) is 3. The van der Waals surface area contributed by atoms with E-state index < -0.39 is 16.6 Å². The van der Waals surface area contributed by atoms with E-state index in [1.54, 1.807) is 36.2 Å². The summed E-state index contributed by atoms with van der Waals surface area (Å²) >= 11 is 0. The van der Waals surface area contributed by atoms with E-state index in [9.17, 15) is 22.0 Å². The van der Waals surface area contributed by atoms with Crippen LogP contribution in [0, 0.1) is 5.92 Å². The zero-order valence-corrected chi connectivity index (χ0v) is 20.1. The zero-order valence-electron chi connectivity index (χ0n) is 19.2. The van der Waals surface area contributed by atoms with Crippen molar-refractivity contribution in [2.24, 2.45) is 5.92 Å². The molecule has 0 radical (unpaired) electrons. The highest BCUT2D eigenvalue weighted by molar-refractivity contribution is 7.89. The number of nitrogens with zero attached hydrogens (tertiary/aromatic N) is 2. The van der Waals surface area contributed by atoms with Gasteiger partial charge < -0.3 is 19.1 Å². The molecule has 1 saturated heterocycles. The number of hydrogen-bond donors (Lipinski definition) is 0. The molecule has 186 valence electrons. The van der Waals surface area contributed by atoms with Crippen molar-refractivity contribution in [2.75, 3.05) is 34.4 Å². The van der Waals surface area contributed by atoms with E-state index in [4.69, 9.17) is 9.47 Å². The molecule has 0 N–H and O–H groups in total. The first-order chi connectivity index (χ1) is 16.1. The number of methoxy groups -OCH3 is 2. The molecule has 0 bridgehead atoms. The minimum absolute atomic E-state index is 0.0827. The number of benzene rings is 2. The van der Waals surface area contributed by atoms with E-state index in [1.807, 2.05) is 0 Å². The lowest BCUT2D eigenvalue weighted by Crippen LogP contribution is -2.43. The molecule has 0 unspecified atom stereocenters. The van der Waals surface area contributed by atoms with Gasteiger partial charge in [0.15, 0.2) is 11.5 Å². The van der Waals surface area contributed by atoms with Crippen LogP contribution >= 0.6 is 0 Å². The molecule has 1 amide bonds. The lowest BCUT2D eigenvalue weighted by atomic mass is 9.96. The molecule has 1 aliphatic rings. The summed E-state index contributed by atoms with van der Waals surface area (Å²) in [6.07, 6.45) is 0.812. The van der Waals surface area contributed by atoms with Crippen LogP contribution in [0.5, 0.6) is 17.2 Å². The molecule has 1 heterocycles. The van der Waals surface area contributed by atoms with E-state index in [-0.39, 0.29) is 47.9 Å².